The topological polar surface area (TPSA) is 76.4 Å². The molecule has 0 unspecified atom stereocenters. The van der Waals surface area contributed by atoms with E-state index < -0.39 is 11.8 Å². The van der Waals surface area contributed by atoms with Crippen molar-refractivity contribution in [3.05, 3.63) is 24.3 Å². The molecule has 1 fully saturated rings. The van der Waals surface area contributed by atoms with E-state index in [2.05, 4.69) is 10.2 Å². The molecule has 0 bridgehead atoms. The maximum absolute atomic E-state index is 12.3. The number of likely N-dealkylation sites (N-methyl/N-ethyl adjacent to an activating group) is 1. The van der Waals surface area contributed by atoms with Crippen LogP contribution in [0.15, 0.2) is 24.3 Å². The van der Waals surface area contributed by atoms with Crippen molar-refractivity contribution in [1.29, 1.82) is 5.26 Å². The summed E-state index contributed by atoms with van der Waals surface area (Å²) in [6, 6.07) is 9.27. The monoisotopic (exact) mass is 328 g/mol. The second kappa shape index (κ2) is 8.34. The molecule has 128 valence electrons. The molecule has 6 nitrogen and oxygen atoms in total. The summed E-state index contributed by atoms with van der Waals surface area (Å²) in [5.41, 5.74) is 1.60. The molecular formula is C18H24N4O2. The van der Waals surface area contributed by atoms with Crippen LogP contribution in [0.3, 0.4) is 0 Å². The van der Waals surface area contributed by atoms with Crippen LogP contribution < -0.4 is 10.2 Å². The molecule has 0 saturated carbocycles. The number of amides is 2. The van der Waals surface area contributed by atoms with Crippen molar-refractivity contribution >= 4 is 23.2 Å². The summed E-state index contributed by atoms with van der Waals surface area (Å²) in [4.78, 5) is 28.1. The predicted octanol–water partition coefficient (Wildman–Crippen LogP) is 2.38. The molecule has 1 N–H and O–H groups in total. The van der Waals surface area contributed by atoms with Gasteiger partial charge in [0.25, 0.3) is 0 Å². The summed E-state index contributed by atoms with van der Waals surface area (Å²) >= 11 is 0. The minimum Gasteiger partial charge on any atom is -0.370 e. The molecule has 1 aliphatic rings. The van der Waals surface area contributed by atoms with E-state index in [4.69, 9.17) is 5.26 Å². The zero-order valence-electron chi connectivity index (χ0n) is 14.3. The Bertz CT molecular complexity index is 632. The highest BCUT2D eigenvalue weighted by atomic mass is 16.2. The van der Waals surface area contributed by atoms with Gasteiger partial charge in [-0.05, 0) is 38.3 Å². The molecule has 1 aliphatic heterocycles. The number of anilines is 2. The van der Waals surface area contributed by atoms with Gasteiger partial charge in [-0.2, -0.15) is 5.26 Å². The van der Waals surface area contributed by atoms with Crippen LogP contribution >= 0.6 is 0 Å². The third-order valence-corrected chi connectivity index (χ3v) is 4.41. The van der Waals surface area contributed by atoms with Gasteiger partial charge in [0.05, 0.1) is 23.9 Å². The highest BCUT2D eigenvalue weighted by molar-refractivity contribution is 6.39. The van der Waals surface area contributed by atoms with Gasteiger partial charge in [-0.25, -0.2) is 0 Å². The Morgan fingerprint density at radius 3 is 2.62 bits per heavy atom. The number of rotatable bonds is 4. The first-order valence-corrected chi connectivity index (χ1v) is 8.33. The number of nitrogens with one attached hydrogen (secondary N) is 1. The van der Waals surface area contributed by atoms with Gasteiger partial charge in [-0.3, -0.25) is 9.59 Å². The average molecular weight is 328 g/mol. The van der Waals surface area contributed by atoms with Gasteiger partial charge in [-0.1, -0.05) is 12.1 Å². The lowest BCUT2D eigenvalue weighted by atomic mass is 10.1. The van der Waals surface area contributed by atoms with E-state index in [1.807, 2.05) is 30.3 Å². The molecule has 0 aromatic heterocycles. The van der Waals surface area contributed by atoms with E-state index in [1.54, 1.807) is 14.0 Å². The molecule has 24 heavy (non-hydrogen) atoms. The predicted molar refractivity (Wildman–Crippen MR) is 93.6 cm³/mol. The molecule has 2 amide bonds. The summed E-state index contributed by atoms with van der Waals surface area (Å²) in [5.74, 6) is -1.31. The molecule has 0 radical (unpaired) electrons. The van der Waals surface area contributed by atoms with Crippen LogP contribution in [0.5, 0.6) is 0 Å². The van der Waals surface area contributed by atoms with Crippen molar-refractivity contribution in [2.45, 2.75) is 38.6 Å². The molecule has 6 heteroatoms. The number of hydrogen-bond acceptors (Lipinski definition) is 4. The molecule has 1 saturated heterocycles. The fourth-order valence-electron chi connectivity index (χ4n) is 2.80. The van der Waals surface area contributed by atoms with Crippen molar-refractivity contribution in [3.8, 4) is 6.07 Å². The van der Waals surface area contributed by atoms with Crippen LogP contribution in [0.4, 0.5) is 11.4 Å². The molecule has 1 aromatic carbocycles. The normalized spacial score (nSPS) is 15.3. The van der Waals surface area contributed by atoms with Gasteiger partial charge in [0.1, 0.15) is 0 Å². The zero-order valence-corrected chi connectivity index (χ0v) is 14.3. The largest absolute Gasteiger partial charge is 0.370 e. The van der Waals surface area contributed by atoms with Gasteiger partial charge >= 0.3 is 11.8 Å². The lowest BCUT2D eigenvalue weighted by Gasteiger charge is -2.30. The number of benzene rings is 1. The Hall–Kier alpha value is -2.55. The average Bonchev–Trinajstić information content (AvgIpc) is 2.61. The van der Waals surface area contributed by atoms with E-state index in [0.29, 0.717) is 5.69 Å². The molecule has 1 heterocycles. The molecule has 0 aliphatic carbocycles. The van der Waals surface area contributed by atoms with Crippen molar-refractivity contribution in [2.75, 3.05) is 30.4 Å². The van der Waals surface area contributed by atoms with Gasteiger partial charge < -0.3 is 15.1 Å². The van der Waals surface area contributed by atoms with Gasteiger partial charge in [0.2, 0.25) is 0 Å². The number of para-hydroxylation sites is 2. The van der Waals surface area contributed by atoms with Gasteiger partial charge in [-0.15, -0.1) is 0 Å². The standard InChI is InChI=1S/C18H24N4O2/c1-14(10-11-19)21(2)18(24)17(23)20-15-8-4-5-9-16(15)22-12-6-3-7-13-22/h4-5,8-9,14H,3,6-7,10,12-13H2,1-2H3,(H,20,23)/t14-/m1/s1. The third kappa shape index (κ3) is 4.25. The zero-order chi connectivity index (χ0) is 17.5. The Morgan fingerprint density at radius 1 is 1.29 bits per heavy atom. The summed E-state index contributed by atoms with van der Waals surface area (Å²) in [7, 11) is 1.54. The van der Waals surface area contributed by atoms with E-state index in [0.717, 1.165) is 31.6 Å². The number of nitrogens with zero attached hydrogens (tertiary/aromatic N) is 3. The van der Waals surface area contributed by atoms with E-state index in [-0.39, 0.29) is 12.5 Å². The maximum atomic E-state index is 12.3. The van der Waals surface area contributed by atoms with Crippen molar-refractivity contribution < 1.29 is 9.59 Å². The van der Waals surface area contributed by atoms with E-state index in [9.17, 15) is 9.59 Å². The smallest absolute Gasteiger partial charge is 0.313 e. The summed E-state index contributed by atoms with van der Waals surface area (Å²) in [5, 5.41) is 11.5. The highest BCUT2D eigenvalue weighted by Gasteiger charge is 2.24. The minimum absolute atomic E-state index is 0.194. The second-order valence-electron chi connectivity index (χ2n) is 6.15. The van der Waals surface area contributed by atoms with Crippen molar-refractivity contribution in [1.82, 2.24) is 4.90 Å². The molecule has 1 aromatic rings. The highest BCUT2D eigenvalue weighted by Crippen LogP contribution is 2.28. The Kier molecular flexibility index (Phi) is 6.19. The lowest BCUT2D eigenvalue weighted by molar-refractivity contribution is -0.143. The van der Waals surface area contributed by atoms with Crippen LogP contribution in [-0.4, -0.2) is 42.9 Å². The quantitative estimate of drug-likeness (QED) is 0.861. The SMILES string of the molecule is C[C@H](CC#N)N(C)C(=O)C(=O)Nc1ccccc1N1CCCCC1. The number of nitriles is 1. The number of piperidine rings is 1. The lowest BCUT2D eigenvalue weighted by Crippen LogP contribution is -2.42. The fourth-order valence-corrected chi connectivity index (χ4v) is 2.80. The van der Waals surface area contributed by atoms with Crippen molar-refractivity contribution in [3.63, 3.8) is 0 Å². The molecule has 0 spiro atoms. The first kappa shape index (κ1) is 17.8. The van der Waals surface area contributed by atoms with Crippen LogP contribution in [0.25, 0.3) is 0 Å². The van der Waals surface area contributed by atoms with Gasteiger partial charge in [0.15, 0.2) is 0 Å². The van der Waals surface area contributed by atoms with Crippen LogP contribution in [0.1, 0.15) is 32.6 Å². The molecule has 1 atom stereocenters. The summed E-state index contributed by atoms with van der Waals surface area (Å²) < 4.78 is 0. The van der Waals surface area contributed by atoms with Crippen molar-refractivity contribution in [2.24, 2.45) is 0 Å². The third-order valence-electron chi connectivity index (χ3n) is 4.41. The van der Waals surface area contributed by atoms with E-state index >= 15 is 0 Å². The fraction of sp³-hybridized carbons (Fsp3) is 0.500. The van der Waals surface area contributed by atoms with E-state index in [1.165, 1.54) is 11.3 Å². The summed E-state index contributed by atoms with van der Waals surface area (Å²) in [6.45, 7) is 3.66. The van der Waals surface area contributed by atoms with Crippen LogP contribution in [-0.2, 0) is 9.59 Å². The van der Waals surface area contributed by atoms with Crippen LogP contribution in [0, 0.1) is 11.3 Å². The Morgan fingerprint density at radius 2 is 1.96 bits per heavy atom. The first-order chi connectivity index (χ1) is 11.5. The summed E-state index contributed by atoms with van der Waals surface area (Å²) in [6.07, 6.45) is 3.69. The molecule has 2 rings (SSSR count). The number of hydrogen-bond donors (Lipinski definition) is 1. The molecular weight excluding hydrogens is 304 g/mol. The second-order valence-corrected chi connectivity index (χ2v) is 6.15. The van der Waals surface area contributed by atoms with Gasteiger partial charge in [0, 0.05) is 26.2 Å². The Balaban J connectivity index is 2.09. The first-order valence-electron chi connectivity index (χ1n) is 8.33. The number of carbonyl (C=O) groups excluding carboxylic acids is 2. The number of carbonyl (C=O) groups is 2. The minimum atomic E-state index is -0.674. The van der Waals surface area contributed by atoms with Crippen LogP contribution in [0.2, 0.25) is 0 Å². The maximum Gasteiger partial charge on any atom is 0.313 e. The Labute approximate surface area is 143 Å².